The molecule has 5 rings (SSSR count). The molecule has 2 aromatic carbocycles. The van der Waals surface area contributed by atoms with Gasteiger partial charge in [-0.15, -0.1) is 0 Å². The number of hydrogen-bond donors (Lipinski definition) is 1. The standard InChI is InChI=1S/C20H13N5O3/c26-20-23-16-8-12(4-5-17(16)27-20)9-18-24-19(25-28-18)14-3-1-2-13(10-14)15-6-7-21-22-11-15/h1-8,10-11H,9H2,(H,23,26). The van der Waals surface area contributed by atoms with Gasteiger partial charge >= 0.3 is 5.76 Å². The van der Waals surface area contributed by atoms with Crippen molar-refractivity contribution in [3.05, 3.63) is 82.9 Å². The van der Waals surface area contributed by atoms with E-state index in [0.29, 0.717) is 29.2 Å². The highest BCUT2D eigenvalue weighted by molar-refractivity contribution is 5.73. The van der Waals surface area contributed by atoms with E-state index >= 15 is 0 Å². The van der Waals surface area contributed by atoms with Crippen molar-refractivity contribution >= 4 is 11.1 Å². The summed E-state index contributed by atoms with van der Waals surface area (Å²) in [6, 6.07) is 15.2. The summed E-state index contributed by atoms with van der Waals surface area (Å²) in [6.07, 6.45) is 3.81. The van der Waals surface area contributed by atoms with Gasteiger partial charge in [-0.05, 0) is 35.4 Å². The molecule has 0 radical (unpaired) electrons. The van der Waals surface area contributed by atoms with Crippen molar-refractivity contribution in [1.29, 1.82) is 0 Å². The third kappa shape index (κ3) is 3.07. The van der Waals surface area contributed by atoms with E-state index in [4.69, 9.17) is 8.94 Å². The minimum atomic E-state index is -0.475. The van der Waals surface area contributed by atoms with Crippen LogP contribution >= 0.6 is 0 Å². The van der Waals surface area contributed by atoms with Crippen molar-refractivity contribution in [2.75, 3.05) is 0 Å². The van der Waals surface area contributed by atoms with Crippen LogP contribution in [0.25, 0.3) is 33.6 Å². The van der Waals surface area contributed by atoms with Gasteiger partial charge in [0.2, 0.25) is 11.7 Å². The van der Waals surface area contributed by atoms with Gasteiger partial charge in [0.15, 0.2) is 5.58 Å². The second-order valence-corrected chi connectivity index (χ2v) is 6.25. The molecule has 3 aromatic heterocycles. The first kappa shape index (κ1) is 16.1. The van der Waals surface area contributed by atoms with Crippen LogP contribution < -0.4 is 5.76 Å². The first-order valence-electron chi connectivity index (χ1n) is 8.56. The predicted molar refractivity (Wildman–Crippen MR) is 100 cm³/mol. The van der Waals surface area contributed by atoms with Gasteiger partial charge in [-0.25, -0.2) is 4.79 Å². The first-order chi connectivity index (χ1) is 13.7. The normalized spacial score (nSPS) is 11.1. The average Bonchev–Trinajstić information content (AvgIpc) is 3.34. The molecular weight excluding hydrogens is 358 g/mol. The molecule has 136 valence electrons. The Balaban J connectivity index is 1.42. The minimum absolute atomic E-state index is 0.449. The molecule has 0 atom stereocenters. The Morgan fingerprint density at radius 1 is 0.964 bits per heavy atom. The fraction of sp³-hybridized carbons (Fsp3) is 0.0500. The summed E-state index contributed by atoms with van der Waals surface area (Å²) in [7, 11) is 0. The summed E-state index contributed by atoms with van der Waals surface area (Å²) in [5.41, 5.74) is 4.88. The smallest absolute Gasteiger partial charge is 0.408 e. The lowest BCUT2D eigenvalue weighted by molar-refractivity contribution is 0.386. The molecule has 0 saturated carbocycles. The van der Waals surface area contributed by atoms with Crippen molar-refractivity contribution in [2.24, 2.45) is 0 Å². The third-order valence-electron chi connectivity index (χ3n) is 4.35. The van der Waals surface area contributed by atoms with Crippen molar-refractivity contribution in [2.45, 2.75) is 6.42 Å². The molecule has 3 heterocycles. The van der Waals surface area contributed by atoms with Crippen molar-refractivity contribution < 1.29 is 8.94 Å². The Morgan fingerprint density at radius 2 is 1.89 bits per heavy atom. The van der Waals surface area contributed by atoms with Gasteiger partial charge in [-0.2, -0.15) is 15.2 Å². The molecule has 8 heteroatoms. The monoisotopic (exact) mass is 371 g/mol. The van der Waals surface area contributed by atoms with Gasteiger partial charge < -0.3 is 8.94 Å². The highest BCUT2D eigenvalue weighted by Gasteiger charge is 2.11. The maximum Gasteiger partial charge on any atom is 0.417 e. The molecule has 0 unspecified atom stereocenters. The highest BCUT2D eigenvalue weighted by atomic mass is 16.5. The number of fused-ring (bicyclic) bond motifs is 1. The van der Waals surface area contributed by atoms with Crippen molar-refractivity contribution in [3.63, 3.8) is 0 Å². The second-order valence-electron chi connectivity index (χ2n) is 6.25. The quantitative estimate of drug-likeness (QED) is 0.516. The van der Waals surface area contributed by atoms with Gasteiger partial charge in [0.25, 0.3) is 0 Å². The van der Waals surface area contributed by atoms with Gasteiger partial charge in [0, 0.05) is 11.1 Å². The first-order valence-corrected chi connectivity index (χ1v) is 8.56. The molecule has 0 bridgehead atoms. The van der Waals surface area contributed by atoms with E-state index in [1.54, 1.807) is 18.5 Å². The maximum absolute atomic E-state index is 11.3. The minimum Gasteiger partial charge on any atom is -0.408 e. The summed E-state index contributed by atoms with van der Waals surface area (Å²) < 4.78 is 10.4. The molecular formula is C20H13N5O3. The van der Waals surface area contributed by atoms with Crippen LogP contribution in [0.2, 0.25) is 0 Å². The number of H-pyrrole nitrogens is 1. The van der Waals surface area contributed by atoms with Gasteiger partial charge in [0.05, 0.1) is 24.3 Å². The van der Waals surface area contributed by atoms with Crippen LogP contribution in [0.5, 0.6) is 0 Å². The van der Waals surface area contributed by atoms with Crippen LogP contribution in [0.4, 0.5) is 0 Å². The van der Waals surface area contributed by atoms with E-state index in [1.165, 1.54) is 0 Å². The molecule has 0 spiro atoms. The summed E-state index contributed by atoms with van der Waals surface area (Å²) >= 11 is 0. The number of aromatic nitrogens is 5. The van der Waals surface area contributed by atoms with Crippen LogP contribution in [0.3, 0.4) is 0 Å². The number of oxazole rings is 1. The van der Waals surface area contributed by atoms with Crippen LogP contribution in [-0.2, 0) is 6.42 Å². The molecule has 8 nitrogen and oxygen atoms in total. The fourth-order valence-electron chi connectivity index (χ4n) is 3.03. The van der Waals surface area contributed by atoms with E-state index < -0.39 is 5.76 Å². The molecule has 0 aliphatic rings. The fourth-order valence-corrected chi connectivity index (χ4v) is 3.03. The molecule has 1 N–H and O–H groups in total. The second kappa shape index (κ2) is 6.58. The summed E-state index contributed by atoms with van der Waals surface area (Å²) in [5, 5.41) is 11.8. The Morgan fingerprint density at radius 3 is 2.79 bits per heavy atom. The predicted octanol–water partition coefficient (Wildman–Crippen LogP) is 3.22. The van der Waals surface area contributed by atoms with Gasteiger partial charge in [-0.3, -0.25) is 4.98 Å². The lowest BCUT2D eigenvalue weighted by atomic mass is 10.1. The lowest BCUT2D eigenvalue weighted by Crippen LogP contribution is -1.93. The molecule has 0 fully saturated rings. The Bertz CT molecular complexity index is 1320. The largest absolute Gasteiger partial charge is 0.417 e. The summed E-state index contributed by atoms with van der Waals surface area (Å²) in [5.74, 6) is 0.518. The van der Waals surface area contributed by atoms with Gasteiger partial charge in [-0.1, -0.05) is 29.4 Å². The number of aromatic amines is 1. The number of nitrogens with one attached hydrogen (secondary N) is 1. The highest BCUT2D eigenvalue weighted by Crippen LogP contribution is 2.24. The SMILES string of the molecule is O=c1[nH]c2cc(Cc3nc(-c4cccc(-c5ccnnc5)c4)no3)ccc2o1. The number of rotatable bonds is 4. The topological polar surface area (TPSA) is 111 Å². The van der Waals surface area contributed by atoms with E-state index in [1.807, 2.05) is 42.5 Å². The molecule has 28 heavy (non-hydrogen) atoms. The lowest BCUT2D eigenvalue weighted by Gasteiger charge is -2.01. The average molecular weight is 371 g/mol. The Kier molecular flexibility index (Phi) is 3.79. The Hall–Kier alpha value is -4.07. The zero-order chi connectivity index (χ0) is 18.9. The molecule has 5 aromatic rings. The van der Waals surface area contributed by atoms with E-state index in [2.05, 4.69) is 25.3 Å². The molecule has 0 amide bonds. The van der Waals surface area contributed by atoms with Gasteiger partial charge in [0.1, 0.15) is 0 Å². The van der Waals surface area contributed by atoms with Crippen LogP contribution in [0, 0.1) is 0 Å². The number of benzene rings is 2. The number of nitrogens with zero attached hydrogens (tertiary/aromatic N) is 4. The zero-order valence-corrected chi connectivity index (χ0v) is 14.5. The molecule has 0 saturated heterocycles. The van der Waals surface area contributed by atoms with Crippen LogP contribution in [0.15, 0.2) is 74.7 Å². The maximum atomic E-state index is 11.3. The summed E-state index contributed by atoms with van der Waals surface area (Å²) in [4.78, 5) is 18.4. The third-order valence-corrected chi connectivity index (χ3v) is 4.35. The van der Waals surface area contributed by atoms with Crippen LogP contribution in [-0.4, -0.2) is 25.3 Å². The van der Waals surface area contributed by atoms with E-state index in [0.717, 1.165) is 22.3 Å². The van der Waals surface area contributed by atoms with Crippen LogP contribution in [0.1, 0.15) is 11.5 Å². The Labute approximate surface area is 157 Å². The van der Waals surface area contributed by atoms with E-state index in [9.17, 15) is 4.79 Å². The summed E-state index contributed by atoms with van der Waals surface area (Å²) in [6.45, 7) is 0. The van der Waals surface area contributed by atoms with E-state index in [-0.39, 0.29) is 0 Å². The molecule has 0 aliphatic carbocycles. The molecule has 0 aliphatic heterocycles. The van der Waals surface area contributed by atoms with Crippen molar-refractivity contribution in [3.8, 4) is 22.5 Å². The zero-order valence-electron chi connectivity index (χ0n) is 14.5. The number of hydrogen-bond acceptors (Lipinski definition) is 7. The van der Waals surface area contributed by atoms with Crippen molar-refractivity contribution in [1.82, 2.24) is 25.3 Å².